The van der Waals surface area contributed by atoms with E-state index in [1.165, 1.54) is 5.69 Å². The molecule has 0 unspecified atom stereocenters. The SMILES string of the molecule is Cc1cc(C)n(C2CN(Cc3nccn3C)C2)n1. The van der Waals surface area contributed by atoms with Crippen LogP contribution in [0, 0.1) is 13.8 Å². The van der Waals surface area contributed by atoms with Crippen molar-refractivity contribution in [1.82, 2.24) is 24.2 Å². The zero-order chi connectivity index (χ0) is 12.7. The van der Waals surface area contributed by atoms with Crippen molar-refractivity contribution in [2.24, 2.45) is 7.05 Å². The Morgan fingerprint density at radius 3 is 2.67 bits per heavy atom. The fourth-order valence-electron chi connectivity index (χ4n) is 2.59. The minimum atomic E-state index is 0.527. The maximum absolute atomic E-state index is 4.55. The van der Waals surface area contributed by atoms with Crippen molar-refractivity contribution in [3.8, 4) is 0 Å². The molecule has 1 aliphatic rings. The van der Waals surface area contributed by atoms with Crippen molar-refractivity contribution in [2.75, 3.05) is 13.1 Å². The molecular formula is C13H19N5. The van der Waals surface area contributed by atoms with E-state index in [-0.39, 0.29) is 0 Å². The van der Waals surface area contributed by atoms with Crippen molar-refractivity contribution in [3.05, 3.63) is 35.7 Å². The van der Waals surface area contributed by atoms with Gasteiger partial charge in [0, 0.05) is 38.2 Å². The zero-order valence-electron chi connectivity index (χ0n) is 11.2. The summed E-state index contributed by atoms with van der Waals surface area (Å²) in [6.45, 7) is 7.23. The number of aromatic nitrogens is 4. The van der Waals surface area contributed by atoms with Crippen molar-refractivity contribution in [1.29, 1.82) is 0 Å². The summed E-state index contributed by atoms with van der Waals surface area (Å²) in [6.07, 6.45) is 3.85. The first-order valence-electron chi connectivity index (χ1n) is 6.35. The molecule has 1 aliphatic heterocycles. The highest BCUT2D eigenvalue weighted by molar-refractivity contribution is 5.09. The first kappa shape index (κ1) is 11.5. The van der Waals surface area contributed by atoms with Gasteiger partial charge in [-0.05, 0) is 19.9 Å². The van der Waals surface area contributed by atoms with Crippen molar-refractivity contribution in [2.45, 2.75) is 26.4 Å². The van der Waals surface area contributed by atoms with Crippen LogP contribution in [0.1, 0.15) is 23.3 Å². The Balaban J connectivity index is 1.61. The molecule has 0 amide bonds. The molecule has 3 heterocycles. The molecule has 5 heteroatoms. The van der Waals surface area contributed by atoms with Gasteiger partial charge in [-0.3, -0.25) is 9.58 Å². The molecule has 0 saturated carbocycles. The van der Waals surface area contributed by atoms with Crippen LogP contribution in [0.25, 0.3) is 0 Å². The second-order valence-corrected chi connectivity index (χ2v) is 5.17. The molecule has 0 radical (unpaired) electrons. The predicted octanol–water partition coefficient (Wildman–Crippen LogP) is 1.29. The average molecular weight is 245 g/mol. The first-order valence-corrected chi connectivity index (χ1v) is 6.35. The van der Waals surface area contributed by atoms with Gasteiger partial charge in [-0.1, -0.05) is 0 Å². The third-order valence-corrected chi connectivity index (χ3v) is 3.61. The lowest BCUT2D eigenvalue weighted by molar-refractivity contribution is 0.0857. The van der Waals surface area contributed by atoms with Gasteiger partial charge >= 0.3 is 0 Å². The van der Waals surface area contributed by atoms with Crippen LogP contribution in [-0.2, 0) is 13.6 Å². The van der Waals surface area contributed by atoms with Crippen LogP contribution < -0.4 is 0 Å². The average Bonchev–Trinajstić information content (AvgIpc) is 2.79. The molecule has 5 nitrogen and oxygen atoms in total. The fraction of sp³-hybridized carbons (Fsp3) is 0.538. The van der Waals surface area contributed by atoms with Crippen LogP contribution in [-0.4, -0.2) is 37.3 Å². The highest BCUT2D eigenvalue weighted by Gasteiger charge is 2.30. The van der Waals surface area contributed by atoms with E-state index in [0.717, 1.165) is 31.2 Å². The van der Waals surface area contributed by atoms with E-state index in [2.05, 4.69) is 37.2 Å². The third-order valence-electron chi connectivity index (χ3n) is 3.61. The summed E-state index contributed by atoms with van der Waals surface area (Å²) >= 11 is 0. The van der Waals surface area contributed by atoms with Gasteiger partial charge in [0.2, 0.25) is 0 Å². The van der Waals surface area contributed by atoms with Crippen molar-refractivity contribution >= 4 is 0 Å². The molecule has 0 spiro atoms. The molecule has 0 atom stereocenters. The standard InChI is InChI=1S/C13H19N5/c1-10-6-11(2)18(15-10)12-7-17(8-12)9-13-14-4-5-16(13)3/h4-6,12H,7-9H2,1-3H3. The van der Waals surface area contributed by atoms with E-state index in [0.29, 0.717) is 6.04 Å². The number of hydrogen-bond acceptors (Lipinski definition) is 3. The number of imidazole rings is 1. The second-order valence-electron chi connectivity index (χ2n) is 5.17. The van der Waals surface area contributed by atoms with Gasteiger partial charge in [0.25, 0.3) is 0 Å². The van der Waals surface area contributed by atoms with Crippen LogP contribution in [0.4, 0.5) is 0 Å². The van der Waals surface area contributed by atoms with Gasteiger partial charge < -0.3 is 4.57 Å². The number of aryl methyl sites for hydroxylation is 3. The Kier molecular flexibility index (Phi) is 2.70. The summed E-state index contributed by atoms with van der Waals surface area (Å²) in [7, 11) is 2.04. The topological polar surface area (TPSA) is 38.9 Å². The van der Waals surface area contributed by atoms with Crippen molar-refractivity contribution < 1.29 is 0 Å². The van der Waals surface area contributed by atoms with Crippen molar-refractivity contribution in [3.63, 3.8) is 0 Å². The fourth-order valence-corrected chi connectivity index (χ4v) is 2.59. The van der Waals surface area contributed by atoms with Crippen LogP contribution in [0.5, 0.6) is 0 Å². The second kappa shape index (κ2) is 4.24. The van der Waals surface area contributed by atoms with E-state index >= 15 is 0 Å². The molecule has 1 fully saturated rings. The monoisotopic (exact) mass is 245 g/mol. The summed E-state index contributed by atoms with van der Waals surface area (Å²) in [5.74, 6) is 1.13. The maximum atomic E-state index is 4.55. The quantitative estimate of drug-likeness (QED) is 0.818. The largest absolute Gasteiger partial charge is 0.337 e. The van der Waals surface area contributed by atoms with Gasteiger partial charge in [-0.2, -0.15) is 5.10 Å². The van der Waals surface area contributed by atoms with E-state index in [9.17, 15) is 0 Å². The Bertz CT molecular complexity index is 547. The summed E-state index contributed by atoms with van der Waals surface area (Å²) in [5, 5.41) is 4.55. The number of rotatable bonds is 3. The Morgan fingerprint density at radius 1 is 1.33 bits per heavy atom. The van der Waals surface area contributed by atoms with E-state index in [1.54, 1.807) is 0 Å². The predicted molar refractivity (Wildman–Crippen MR) is 69.2 cm³/mol. The molecule has 3 rings (SSSR count). The third kappa shape index (κ3) is 1.95. The summed E-state index contributed by atoms with van der Waals surface area (Å²) in [5.41, 5.74) is 2.36. The van der Waals surface area contributed by atoms with Gasteiger partial charge in [-0.25, -0.2) is 4.98 Å². The molecule has 2 aromatic rings. The molecule has 0 aromatic carbocycles. The minimum Gasteiger partial charge on any atom is -0.337 e. The molecule has 0 bridgehead atoms. The summed E-state index contributed by atoms with van der Waals surface area (Å²) in [6, 6.07) is 2.67. The van der Waals surface area contributed by atoms with Crippen LogP contribution >= 0.6 is 0 Å². The minimum absolute atomic E-state index is 0.527. The van der Waals surface area contributed by atoms with Crippen LogP contribution in [0.3, 0.4) is 0 Å². The number of nitrogens with zero attached hydrogens (tertiary/aromatic N) is 5. The van der Waals surface area contributed by atoms with Crippen LogP contribution in [0.15, 0.2) is 18.5 Å². The molecular weight excluding hydrogens is 226 g/mol. The summed E-state index contributed by atoms with van der Waals surface area (Å²) in [4.78, 5) is 6.76. The Morgan fingerprint density at radius 2 is 2.11 bits per heavy atom. The van der Waals surface area contributed by atoms with Gasteiger partial charge in [0.15, 0.2) is 0 Å². The molecule has 0 aliphatic carbocycles. The summed E-state index contributed by atoms with van der Waals surface area (Å²) < 4.78 is 4.24. The molecule has 96 valence electrons. The highest BCUT2D eigenvalue weighted by atomic mass is 15.4. The number of hydrogen-bond donors (Lipinski definition) is 0. The smallest absolute Gasteiger partial charge is 0.122 e. The number of likely N-dealkylation sites (tertiary alicyclic amines) is 1. The molecule has 18 heavy (non-hydrogen) atoms. The normalized spacial score (nSPS) is 17.1. The highest BCUT2D eigenvalue weighted by Crippen LogP contribution is 2.23. The maximum Gasteiger partial charge on any atom is 0.122 e. The van der Waals surface area contributed by atoms with E-state index in [1.807, 2.05) is 26.4 Å². The zero-order valence-corrected chi connectivity index (χ0v) is 11.2. The lowest BCUT2D eigenvalue weighted by atomic mass is 10.1. The van der Waals surface area contributed by atoms with Gasteiger partial charge in [0.1, 0.15) is 5.82 Å². The Hall–Kier alpha value is -1.62. The first-order chi connectivity index (χ1) is 8.63. The van der Waals surface area contributed by atoms with E-state index in [4.69, 9.17) is 0 Å². The van der Waals surface area contributed by atoms with E-state index < -0.39 is 0 Å². The van der Waals surface area contributed by atoms with Gasteiger partial charge in [-0.15, -0.1) is 0 Å². The lowest BCUT2D eigenvalue weighted by Gasteiger charge is -2.39. The van der Waals surface area contributed by atoms with Crippen LogP contribution in [0.2, 0.25) is 0 Å². The molecule has 2 aromatic heterocycles. The van der Waals surface area contributed by atoms with Gasteiger partial charge in [0.05, 0.1) is 18.3 Å². The molecule has 0 N–H and O–H groups in total. The molecule has 1 saturated heterocycles. The lowest BCUT2D eigenvalue weighted by Crippen LogP contribution is -2.47. The Labute approximate surface area is 107 Å².